The Labute approximate surface area is 104 Å². The van der Waals surface area contributed by atoms with Crippen LogP contribution in [0.25, 0.3) is 0 Å². The molecular formula is C13H22N2O2. The Hall–Kier alpha value is -1.24. The van der Waals surface area contributed by atoms with Crippen LogP contribution in [-0.2, 0) is 4.74 Å². The zero-order valence-electron chi connectivity index (χ0n) is 11.4. The second kappa shape index (κ2) is 4.95. The molecule has 0 aromatic carbocycles. The molecule has 1 amide bonds. The number of likely N-dealkylation sites (tertiary alicyclic amines) is 1. The minimum absolute atomic E-state index is 0.0603. The van der Waals surface area contributed by atoms with Crippen LogP contribution in [0, 0.1) is 23.2 Å². The lowest BCUT2D eigenvalue weighted by Crippen LogP contribution is -2.42. The molecule has 1 saturated heterocycles. The minimum atomic E-state index is -0.483. The number of hydrogen-bond acceptors (Lipinski definition) is 3. The van der Waals surface area contributed by atoms with E-state index in [-0.39, 0.29) is 18.1 Å². The summed E-state index contributed by atoms with van der Waals surface area (Å²) in [6.45, 7) is 10.2. The molecule has 0 unspecified atom stereocenters. The summed E-state index contributed by atoms with van der Waals surface area (Å²) in [5.41, 5.74) is -0.483. The number of rotatable bonds is 1. The highest BCUT2D eigenvalue weighted by Gasteiger charge is 2.38. The van der Waals surface area contributed by atoms with Crippen LogP contribution in [0.15, 0.2) is 0 Å². The standard InChI is InChI=1S/C13H22N2O2/c1-9(2)11-6-10(7-14)8-15(11)12(16)17-13(3,4)5/h9-11H,6,8H2,1-5H3/t10-,11-/m0/s1. The molecule has 0 aromatic heterocycles. The Kier molecular flexibility index (Phi) is 4.03. The normalized spacial score (nSPS) is 24.9. The number of amides is 1. The van der Waals surface area contributed by atoms with Crippen molar-refractivity contribution in [2.45, 2.75) is 52.7 Å². The molecule has 1 heterocycles. The first-order valence-electron chi connectivity index (χ1n) is 6.14. The average Bonchev–Trinajstić information content (AvgIpc) is 2.58. The maximum Gasteiger partial charge on any atom is 0.410 e. The summed E-state index contributed by atoms with van der Waals surface area (Å²) in [6.07, 6.45) is 0.460. The van der Waals surface area contributed by atoms with Gasteiger partial charge in [0.2, 0.25) is 0 Å². The van der Waals surface area contributed by atoms with Crippen molar-refractivity contribution < 1.29 is 9.53 Å². The summed E-state index contributed by atoms with van der Waals surface area (Å²) in [4.78, 5) is 13.7. The van der Waals surface area contributed by atoms with Crippen LogP contribution < -0.4 is 0 Å². The maximum atomic E-state index is 12.0. The lowest BCUT2D eigenvalue weighted by atomic mass is 9.98. The highest BCUT2D eigenvalue weighted by atomic mass is 16.6. The van der Waals surface area contributed by atoms with Gasteiger partial charge in [-0.25, -0.2) is 4.79 Å². The van der Waals surface area contributed by atoms with E-state index in [1.807, 2.05) is 20.8 Å². The summed E-state index contributed by atoms with van der Waals surface area (Å²) < 4.78 is 5.37. The lowest BCUT2D eigenvalue weighted by Gasteiger charge is -2.30. The number of carbonyl (C=O) groups is 1. The van der Waals surface area contributed by atoms with E-state index in [4.69, 9.17) is 10.00 Å². The molecule has 4 heteroatoms. The van der Waals surface area contributed by atoms with E-state index >= 15 is 0 Å². The molecule has 0 N–H and O–H groups in total. The summed E-state index contributed by atoms with van der Waals surface area (Å²) in [5.74, 6) is 0.288. The number of nitriles is 1. The van der Waals surface area contributed by atoms with Crippen molar-refractivity contribution in [3.8, 4) is 6.07 Å². The van der Waals surface area contributed by atoms with Gasteiger partial charge in [-0.05, 0) is 33.1 Å². The van der Waals surface area contributed by atoms with E-state index in [0.29, 0.717) is 12.5 Å². The van der Waals surface area contributed by atoms with Crippen LogP contribution in [0.2, 0.25) is 0 Å². The zero-order chi connectivity index (χ0) is 13.2. The van der Waals surface area contributed by atoms with Gasteiger partial charge in [0.15, 0.2) is 0 Å². The third-order valence-corrected chi connectivity index (χ3v) is 2.92. The molecule has 17 heavy (non-hydrogen) atoms. The van der Waals surface area contributed by atoms with Crippen LogP contribution in [0.1, 0.15) is 41.0 Å². The Balaban J connectivity index is 2.74. The molecule has 4 nitrogen and oxygen atoms in total. The van der Waals surface area contributed by atoms with Crippen LogP contribution >= 0.6 is 0 Å². The smallest absolute Gasteiger partial charge is 0.410 e. The molecule has 0 radical (unpaired) electrons. The van der Waals surface area contributed by atoms with Gasteiger partial charge in [-0.2, -0.15) is 5.26 Å². The number of hydrogen-bond donors (Lipinski definition) is 0. The van der Waals surface area contributed by atoms with Crippen LogP contribution in [0.3, 0.4) is 0 Å². The van der Waals surface area contributed by atoms with Crippen molar-refractivity contribution in [2.75, 3.05) is 6.54 Å². The molecule has 1 aliphatic rings. The topological polar surface area (TPSA) is 53.3 Å². The largest absolute Gasteiger partial charge is 0.444 e. The van der Waals surface area contributed by atoms with Gasteiger partial charge in [0.1, 0.15) is 5.60 Å². The quantitative estimate of drug-likeness (QED) is 0.705. The first kappa shape index (κ1) is 13.8. The van der Waals surface area contributed by atoms with Crippen LogP contribution in [0.4, 0.5) is 4.79 Å². The lowest BCUT2D eigenvalue weighted by molar-refractivity contribution is 0.0188. The Morgan fingerprint density at radius 1 is 1.47 bits per heavy atom. The van der Waals surface area contributed by atoms with Crippen LogP contribution in [0.5, 0.6) is 0 Å². The Morgan fingerprint density at radius 2 is 2.06 bits per heavy atom. The van der Waals surface area contributed by atoms with E-state index in [9.17, 15) is 4.79 Å². The van der Waals surface area contributed by atoms with Crippen molar-refractivity contribution in [1.29, 1.82) is 5.26 Å². The predicted molar refractivity (Wildman–Crippen MR) is 65.3 cm³/mol. The minimum Gasteiger partial charge on any atom is -0.444 e. The zero-order valence-corrected chi connectivity index (χ0v) is 11.4. The van der Waals surface area contributed by atoms with E-state index in [1.165, 1.54) is 0 Å². The second-order valence-electron chi connectivity index (χ2n) is 6.01. The van der Waals surface area contributed by atoms with Gasteiger partial charge in [-0.1, -0.05) is 13.8 Å². The monoisotopic (exact) mass is 238 g/mol. The first-order valence-corrected chi connectivity index (χ1v) is 6.14. The average molecular weight is 238 g/mol. The Bertz CT molecular complexity index is 325. The van der Waals surface area contributed by atoms with E-state index in [1.54, 1.807) is 4.90 Å². The fraction of sp³-hybridized carbons (Fsp3) is 0.846. The molecular weight excluding hydrogens is 216 g/mol. The second-order valence-corrected chi connectivity index (χ2v) is 6.01. The van der Waals surface area contributed by atoms with Crippen molar-refractivity contribution in [2.24, 2.45) is 11.8 Å². The van der Waals surface area contributed by atoms with Crippen molar-refractivity contribution in [1.82, 2.24) is 4.90 Å². The highest BCUT2D eigenvalue weighted by molar-refractivity contribution is 5.69. The summed E-state index contributed by atoms with van der Waals surface area (Å²) in [6, 6.07) is 2.37. The SMILES string of the molecule is CC(C)[C@@H]1C[C@@H](C#N)CN1C(=O)OC(C)(C)C. The van der Waals surface area contributed by atoms with Gasteiger partial charge in [0, 0.05) is 12.6 Å². The predicted octanol–water partition coefficient (Wildman–Crippen LogP) is 2.79. The number of ether oxygens (including phenoxy) is 1. The maximum absolute atomic E-state index is 12.0. The third kappa shape index (κ3) is 3.62. The van der Waals surface area contributed by atoms with E-state index in [0.717, 1.165) is 6.42 Å². The van der Waals surface area contributed by atoms with Gasteiger partial charge < -0.3 is 9.64 Å². The molecule has 96 valence electrons. The van der Waals surface area contributed by atoms with Gasteiger partial charge in [-0.3, -0.25) is 0 Å². The number of carbonyl (C=O) groups excluding carboxylic acids is 1. The van der Waals surface area contributed by atoms with Crippen molar-refractivity contribution in [3.63, 3.8) is 0 Å². The van der Waals surface area contributed by atoms with Gasteiger partial charge in [0.25, 0.3) is 0 Å². The van der Waals surface area contributed by atoms with Gasteiger partial charge in [0.05, 0.1) is 12.0 Å². The summed E-state index contributed by atoms with van der Waals surface area (Å²) >= 11 is 0. The van der Waals surface area contributed by atoms with Gasteiger partial charge >= 0.3 is 6.09 Å². The summed E-state index contributed by atoms with van der Waals surface area (Å²) in [7, 11) is 0. The molecule has 0 bridgehead atoms. The molecule has 1 rings (SSSR count). The van der Waals surface area contributed by atoms with Crippen molar-refractivity contribution >= 4 is 6.09 Å². The molecule has 0 aromatic rings. The highest BCUT2D eigenvalue weighted by Crippen LogP contribution is 2.29. The molecule has 0 saturated carbocycles. The first-order chi connectivity index (χ1) is 7.74. The number of nitrogens with zero attached hydrogens (tertiary/aromatic N) is 2. The fourth-order valence-electron chi connectivity index (χ4n) is 2.12. The Morgan fingerprint density at radius 3 is 2.47 bits per heavy atom. The van der Waals surface area contributed by atoms with Crippen LogP contribution in [-0.4, -0.2) is 29.2 Å². The van der Waals surface area contributed by atoms with Gasteiger partial charge in [-0.15, -0.1) is 0 Å². The molecule has 2 atom stereocenters. The fourth-order valence-corrected chi connectivity index (χ4v) is 2.12. The molecule has 1 aliphatic heterocycles. The molecule has 1 fully saturated rings. The third-order valence-electron chi connectivity index (χ3n) is 2.92. The van der Waals surface area contributed by atoms with E-state index in [2.05, 4.69) is 19.9 Å². The summed E-state index contributed by atoms with van der Waals surface area (Å²) in [5, 5.41) is 8.97. The van der Waals surface area contributed by atoms with E-state index < -0.39 is 5.60 Å². The molecule has 0 spiro atoms. The molecule has 0 aliphatic carbocycles. The van der Waals surface area contributed by atoms with Crippen molar-refractivity contribution in [3.05, 3.63) is 0 Å².